The maximum absolute atomic E-state index is 13.0. The number of carbonyl (C=O) groups excluding carboxylic acids is 1. The van der Waals surface area contributed by atoms with Gasteiger partial charge in [0.2, 0.25) is 5.91 Å². The van der Waals surface area contributed by atoms with E-state index in [2.05, 4.69) is 79.9 Å². The molecule has 0 saturated carbocycles. The number of aliphatic hydroxyl groups excluding tert-OH is 1. The summed E-state index contributed by atoms with van der Waals surface area (Å²) in [6, 6.07) is -0.853. The van der Waals surface area contributed by atoms with Crippen LogP contribution in [0.25, 0.3) is 0 Å². The van der Waals surface area contributed by atoms with E-state index in [1.54, 1.807) is 6.08 Å². The predicted molar refractivity (Wildman–Crippen MR) is 309 cm³/mol. The Morgan fingerprint density at radius 3 is 1.24 bits per heavy atom. The third kappa shape index (κ3) is 55.5. The lowest BCUT2D eigenvalue weighted by molar-refractivity contribution is -0.870. The molecule has 0 heterocycles. The van der Waals surface area contributed by atoms with Crippen molar-refractivity contribution in [1.29, 1.82) is 0 Å². The number of rotatable bonds is 54. The number of phosphoric ester groups is 1. The minimum absolute atomic E-state index is 0.0587. The number of nitrogens with zero attached hydrogens (tertiary/aromatic N) is 1. The number of hydrogen-bond donors (Lipinski definition) is 3. The molecule has 8 nitrogen and oxygen atoms in total. The first-order valence-electron chi connectivity index (χ1n) is 29.8. The standard InChI is InChI=1S/C62H115N2O6P/c1-6-8-10-12-14-16-18-20-22-24-26-28-30-31-32-33-34-36-38-40-42-44-46-48-50-52-54-56-62(66)63-60(59-70-71(67,68)69-58-57-64(3,4)5)61(65)55-53-51-49-47-45-43-41-39-37-35-29-27-25-23-21-19-17-15-13-11-9-7-2/h8,10,14,16,20,22,26,28,31-32,53,55,60-61,65H,6-7,9,11-13,15,17-19,21,23-25,27,29-30,33-52,54,56-59H2,1-5H3,(H-,63,66,67,68)/p+1/b10-8-,16-14-,22-20-,28-26-,32-31-,55-53+. The molecule has 414 valence electrons. The van der Waals surface area contributed by atoms with Crippen LogP contribution in [0.1, 0.15) is 264 Å². The van der Waals surface area contributed by atoms with E-state index in [0.29, 0.717) is 17.4 Å². The summed E-state index contributed by atoms with van der Waals surface area (Å²) in [5.41, 5.74) is 0. The highest BCUT2D eigenvalue weighted by atomic mass is 31.2. The van der Waals surface area contributed by atoms with Crippen LogP contribution in [-0.2, 0) is 18.4 Å². The van der Waals surface area contributed by atoms with Crippen LogP contribution in [-0.4, -0.2) is 73.4 Å². The van der Waals surface area contributed by atoms with Crippen LogP contribution in [0.4, 0.5) is 0 Å². The van der Waals surface area contributed by atoms with Crippen LogP contribution in [0.3, 0.4) is 0 Å². The molecule has 0 aliphatic carbocycles. The van der Waals surface area contributed by atoms with Crippen LogP contribution in [0.2, 0.25) is 0 Å². The lowest BCUT2D eigenvalue weighted by Crippen LogP contribution is -2.45. The summed E-state index contributed by atoms with van der Waals surface area (Å²) < 4.78 is 23.7. The Kier molecular flexibility index (Phi) is 51.3. The molecule has 0 saturated heterocycles. The summed E-state index contributed by atoms with van der Waals surface area (Å²) in [7, 11) is 1.57. The van der Waals surface area contributed by atoms with E-state index in [-0.39, 0.29) is 19.1 Å². The Morgan fingerprint density at radius 2 is 0.845 bits per heavy atom. The Balaban J connectivity index is 4.21. The zero-order valence-corrected chi connectivity index (χ0v) is 48.1. The first-order valence-corrected chi connectivity index (χ1v) is 31.3. The van der Waals surface area contributed by atoms with Crippen molar-refractivity contribution in [2.45, 2.75) is 276 Å². The molecule has 0 aliphatic rings. The monoisotopic (exact) mass is 1020 g/mol. The Morgan fingerprint density at radius 1 is 0.493 bits per heavy atom. The third-order valence-electron chi connectivity index (χ3n) is 13.2. The molecule has 0 aliphatic heterocycles. The molecule has 0 fully saturated rings. The highest BCUT2D eigenvalue weighted by molar-refractivity contribution is 7.47. The minimum Gasteiger partial charge on any atom is -0.387 e. The topological polar surface area (TPSA) is 105 Å². The summed E-state index contributed by atoms with van der Waals surface area (Å²) in [5.74, 6) is -0.180. The molecule has 0 bridgehead atoms. The first-order chi connectivity index (χ1) is 34.5. The van der Waals surface area contributed by atoms with Gasteiger partial charge in [-0.3, -0.25) is 13.8 Å². The lowest BCUT2D eigenvalue weighted by Gasteiger charge is -2.25. The van der Waals surface area contributed by atoms with Gasteiger partial charge in [0.05, 0.1) is 39.9 Å². The number of quaternary nitrogens is 1. The molecule has 0 aromatic heterocycles. The van der Waals surface area contributed by atoms with Crippen LogP contribution in [0.15, 0.2) is 72.9 Å². The normalized spacial score (nSPS) is 14.4. The van der Waals surface area contributed by atoms with E-state index in [0.717, 1.165) is 70.6 Å². The van der Waals surface area contributed by atoms with Gasteiger partial charge >= 0.3 is 7.82 Å². The second kappa shape index (κ2) is 52.8. The van der Waals surface area contributed by atoms with Crippen LogP contribution in [0, 0.1) is 0 Å². The highest BCUT2D eigenvalue weighted by Gasteiger charge is 2.27. The van der Waals surface area contributed by atoms with Gasteiger partial charge in [0, 0.05) is 6.42 Å². The van der Waals surface area contributed by atoms with Crippen molar-refractivity contribution >= 4 is 13.7 Å². The molecular weight excluding hydrogens is 900 g/mol. The summed E-state index contributed by atoms with van der Waals surface area (Å²) >= 11 is 0. The number of hydrogen-bond acceptors (Lipinski definition) is 5. The zero-order chi connectivity index (χ0) is 52.0. The molecule has 0 aromatic rings. The molecule has 1 amide bonds. The average molecular weight is 1020 g/mol. The Hall–Kier alpha value is -2.06. The SMILES string of the molecule is CC/C=C\C/C=C\C/C=C\C/C=C\C/C=C\CCCCCCCCCCCCCC(=O)NC(COP(=O)(O)OCC[N+](C)(C)C)C(O)/C=C/CCCCCCCCCCCCCCCCCCCCCC. The van der Waals surface area contributed by atoms with Gasteiger partial charge in [-0.25, -0.2) is 4.57 Å². The number of carbonyl (C=O) groups is 1. The van der Waals surface area contributed by atoms with E-state index >= 15 is 0 Å². The fraction of sp³-hybridized carbons (Fsp3) is 0.790. The maximum atomic E-state index is 13.0. The molecule has 3 unspecified atom stereocenters. The van der Waals surface area contributed by atoms with Crippen molar-refractivity contribution < 1.29 is 32.9 Å². The molecule has 9 heteroatoms. The first kappa shape index (κ1) is 68.9. The number of amides is 1. The molecule has 0 rings (SSSR count). The Labute approximate surface area is 440 Å². The molecule has 3 N–H and O–H groups in total. The predicted octanol–water partition coefficient (Wildman–Crippen LogP) is 18.3. The van der Waals surface area contributed by atoms with Gasteiger partial charge in [-0.1, -0.05) is 267 Å². The number of aliphatic hydroxyl groups is 1. The van der Waals surface area contributed by atoms with Gasteiger partial charge < -0.3 is 19.8 Å². The van der Waals surface area contributed by atoms with Crippen molar-refractivity contribution in [3.63, 3.8) is 0 Å². The van der Waals surface area contributed by atoms with Crippen molar-refractivity contribution in [1.82, 2.24) is 5.32 Å². The largest absolute Gasteiger partial charge is 0.472 e. The third-order valence-corrected chi connectivity index (χ3v) is 14.2. The van der Waals surface area contributed by atoms with Crippen LogP contribution < -0.4 is 5.32 Å². The number of likely N-dealkylation sites (N-methyl/N-ethyl adjacent to an activating group) is 1. The van der Waals surface area contributed by atoms with Gasteiger partial charge in [0.25, 0.3) is 0 Å². The van der Waals surface area contributed by atoms with Gasteiger partial charge in [-0.2, -0.15) is 0 Å². The van der Waals surface area contributed by atoms with E-state index in [9.17, 15) is 19.4 Å². The average Bonchev–Trinajstić information content (AvgIpc) is 3.33. The molecule has 71 heavy (non-hydrogen) atoms. The second-order valence-electron chi connectivity index (χ2n) is 21.3. The maximum Gasteiger partial charge on any atom is 0.472 e. The number of unbranched alkanes of at least 4 members (excludes halogenated alkanes) is 31. The fourth-order valence-electron chi connectivity index (χ4n) is 8.54. The van der Waals surface area contributed by atoms with Gasteiger partial charge in [-0.05, 0) is 64.2 Å². The molecule has 0 radical (unpaired) electrons. The summed E-state index contributed by atoms with van der Waals surface area (Å²) in [6.45, 7) is 4.72. The zero-order valence-electron chi connectivity index (χ0n) is 47.2. The Bertz CT molecular complexity index is 1380. The van der Waals surface area contributed by atoms with Crippen LogP contribution in [0.5, 0.6) is 0 Å². The quantitative estimate of drug-likeness (QED) is 0.0243. The minimum atomic E-state index is -4.35. The number of allylic oxidation sites excluding steroid dienone is 11. The summed E-state index contributed by atoms with van der Waals surface area (Å²) in [6.07, 6.45) is 72.8. The van der Waals surface area contributed by atoms with E-state index in [1.165, 1.54) is 173 Å². The molecule has 3 atom stereocenters. The van der Waals surface area contributed by atoms with Crippen molar-refractivity contribution in [2.24, 2.45) is 0 Å². The fourth-order valence-corrected chi connectivity index (χ4v) is 9.28. The van der Waals surface area contributed by atoms with Crippen molar-refractivity contribution in [3.05, 3.63) is 72.9 Å². The second-order valence-corrected chi connectivity index (χ2v) is 22.8. The van der Waals surface area contributed by atoms with E-state index < -0.39 is 20.0 Å². The molecule has 0 aromatic carbocycles. The number of phosphoric acid groups is 1. The van der Waals surface area contributed by atoms with Crippen LogP contribution >= 0.6 is 7.82 Å². The van der Waals surface area contributed by atoms with Gasteiger partial charge in [0.1, 0.15) is 13.2 Å². The summed E-state index contributed by atoms with van der Waals surface area (Å²) in [5, 5.41) is 14.0. The molecular formula is C62H116N2O6P+. The van der Waals surface area contributed by atoms with Crippen molar-refractivity contribution in [3.8, 4) is 0 Å². The van der Waals surface area contributed by atoms with Gasteiger partial charge in [-0.15, -0.1) is 0 Å². The summed E-state index contributed by atoms with van der Waals surface area (Å²) in [4.78, 5) is 23.3. The van der Waals surface area contributed by atoms with Gasteiger partial charge in [0.15, 0.2) is 0 Å². The van der Waals surface area contributed by atoms with E-state index in [4.69, 9.17) is 9.05 Å². The van der Waals surface area contributed by atoms with Crippen molar-refractivity contribution in [2.75, 3.05) is 40.9 Å². The lowest BCUT2D eigenvalue weighted by atomic mass is 10.0. The highest BCUT2D eigenvalue weighted by Crippen LogP contribution is 2.43. The van der Waals surface area contributed by atoms with E-state index in [1.807, 2.05) is 27.2 Å². The smallest absolute Gasteiger partial charge is 0.387 e. The number of nitrogens with one attached hydrogen (secondary N) is 1. The molecule has 0 spiro atoms.